The minimum absolute atomic E-state index is 0.0126. The van der Waals surface area contributed by atoms with E-state index < -0.39 is 5.60 Å². The molecule has 2 nitrogen and oxygen atoms in total. The molecule has 22 heavy (non-hydrogen) atoms. The molecule has 0 N–H and O–H groups in total. The lowest BCUT2D eigenvalue weighted by molar-refractivity contribution is 0.00974. The molecular weight excluding hydrogens is 272 g/mol. The molecule has 116 valence electrons. The highest BCUT2D eigenvalue weighted by atomic mass is 16.5. The Labute approximate surface area is 133 Å². The number of carbonyl (C=O) groups excluding carboxylic acids is 1. The van der Waals surface area contributed by atoms with Gasteiger partial charge in [0.05, 0.1) is 0 Å². The Bertz CT molecular complexity index is 701. The van der Waals surface area contributed by atoms with E-state index in [1.807, 2.05) is 37.3 Å². The molecule has 0 heterocycles. The number of rotatable bonds is 4. The molecule has 0 aromatic heterocycles. The maximum atomic E-state index is 13.0. The van der Waals surface area contributed by atoms with E-state index in [0.717, 1.165) is 11.1 Å². The molecule has 0 spiro atoms. The smallest absolute Gasteiger partial charge is 0.198 e. The van der Waals surface area contributed by atoms with Crippen LogP contribution in [-0.4, -0.2) is 12.9 Å². The number of hydrogen-bond acceptors (Lipinski definition) is 2. The Morgan fingerprint density at radius 1 is 0.955 bits per heavy atom. The predicted molar refractivity (Wildman–Crippen MR) is 90.5 cm³/mol. The van der Waals surface area contributed by atoms with Crippen LogP contribution in [0.1, 0.15) is 45.1 Å². The van der Waals surface area contributed by atoms with Crippen molar-refractivity contribution in [2.75, 3.05) is 7.11 Å². The number of aryl methyl sites for hydroxylation is 1. The zero-order chi connectivity index (χ0) is 16.5. The van der Waals surface area contributed by atoms with E-state index in [9.17, 15) is 4.79 Å². The zero-order valence-corrected chi connectivity index (χ0v) is 14.3. The first-order chi connectivity index (χ1) is 10.3. The fourth-order valence-electron chi connectivity index (χ4n) is 2.90. The molecule has 2 aromatic carbocycles. The first-order valence-corrected chi connectivity index (χ1v) is 7.55. The van der Waals surface area contributed by atoms with Crippen molar-refractivity contribution in [3.05, 3.63) is 69.8 Å². The number of carbonyl (C=O) groups is 1. The number of methoxy groups -OCH3 is 1. The Hall–Kier alpha value is -1.93. The highest BCUT2D eigenvalue weighted by molar-refractivity contribution is 6.03. The normalized spacial score (nSPS) is 13.7. The molecule has 0 radical (unpaired) electrons. The van der Waals surface area contributed by atoms with Crippen LogP contribution >= 0.6 is 0 Å². The summed E-state index contributed by atoms with van der Waals surface area (Å²) >= 11 is 0. The van der Waals surface area contributed by atoms with Crippen LogP contribution in [0, 0.1) is 27.7 Å². The standard InChI is InChI=1S/C20H24O2/c1-13-12-18(16(4)15(3)14(13)2)20(5,22-6)19(21)17-10-8-7-9-11-17/h7-12H,1-6H3. The second kappa shape index (κ2) is 6.05. The van der Waals surface area contributed by atoms with E-state index in [0.29, 0.717) is 5.56 Å². The van der Waals surface area contributed by atoms with Crippen molar-refractivity contribution in [2.24, 2.45) is 0 Å². The summed E-state index contributed by atoms with van der Waals surface area (Å²) in [7, 11) is 1.60. The largest absolute Gasteiger partial charge is 0.366 e. The van der Waals surface area contributed by atoms with Crippen LogP contribution in [0.15, 0.2) is 36.4 Å². The van der Waals surface area contributed by atoms with Crippen molar-refractivity contribution in [1.82, 2.24) is 0 Å². The van der Waals surface area contributed by atoms with Gasteiger partial charge in [-0.05, 0) is 62.4 Å². The van der Waals surface area contributed by atoms with E-state index >= 15 is 0 Å². The van der Waals surface area contributed by atoms with Crippen molar-refractivity contribution in [3.63, 3.8) is 0 Å². The summed E-state index contributed by atoms with van der Waals surface area (Å²) in [5, 5.41) is 0. The number of benzene rings is 2. The summed E-state index contributed by atoms with van der Waals surface area (Å²) in [5.74, 6) is -0.0126. The Kier molecular flexibility index (Phi) is 4.52. The lowest BCUT2D eigenvalue weighted by atomic mass is 9.81. The minimum Gasteiger partial charge on any atom is -0.366 e. The van der Waals surface area contributed by atoms with E-state index in [1.54, 1.807) is 7.11 Å². The summed E-state index contributed by atoms with van der Waals surface area (Å²) in [4.78, 5) is 13.0. The number of hydrogen-bond donors (Lipinski definition) is 0. The zero-order valence-electron chi connectivity index (χ0n) is 14.3. The second-order valence-corrected chi connectivity index (χ2v) is 6.05. The van der Waals surface area contributed by atoms with E-state index in [-0.39, 0.29) is 5.78 Å². The molecule has 0 bridgehead atoms. The first kappa shape index (κ1) is 16.4. The van der Waals surface area contributed by atoms with Gasteiger partial charge in [0, 0.05) is 12.7 Å². The Morgan fingerprint density at radius 3 is 2.09 bits per heavy atom. The molecule has 2 rings (SSSR count). The molecule has 0 amide bonds. The number of ketones is 1. The van der Waals surface area contributed by atoms with Crippen LogP contribution in [0.3, 0.4) is 0 Å². The van der Waals surface area contributed by atoms with Gasteiger partial charge < -0.3 is 4.74 Å². The topological polar surface area (TPSA) is 26.3 Å². The molecule has 1 unspecified atom stereocenters. The van der Waals surface area contributed by atoms with Crippen LogP contribution in [0.5, 0.6) is 0 Å². The second-order valence-electron chi connectivity index (χ2n) is 6.05. The molecule has 0 saturated carbocycles. The molecule has 2 aromatic rings. The maximum Gasteiger partial charge on any atom is 0.198 e. The van der Waals surface area contributed by atoms with Gasteiger partial charge in [0.25, 0.3) is 0 Å². The molecule has 0 saturated heterocycles. The van der Waals surface area contributed by atoms with Crippen molar-refractivity contribution >= 4 is 5.78 Å². The van der Waals surface area contributed by atoms with Gasteiger partial charge in [0.2, 0.25) is 0 Å². The predicted octanol–water partition coefficient (Wildman–Crippen LogP) is 4.66. The van der Waals surface area contributed by atoms with Crippen molar-refractivity contribution in [1.29, 1.82) is 0 Å². The molecular formula is C20H24O2. The first-order valence-electron chi connectivity index (χ1n) is 7.55. The number of Topliss-reactive ketones (excluding diaryl/α,β-unsaturated/α-hetero) is 1. The molecule has 2 heteroatoms. The molecule has 0 aliphatic heterocycles. The average molecular weight is 296 g/mol. The fourth-order valence-corrected chi connectivity index (χ4v) is 2.90. The molecule has 0 aliphatic carbocycles. The minimum atomic E-state index is -0.978. The monoisotopic (exact) mass is 296 g/mol. The third kappa shape index (κ3) is 2.59. The van der Waals surface area contributed by atoms with E-state index in [1.165, 1.54) is 16.7 Å². The third-order valence-electron chi connectivity index (χ3n) is 4.87. The molecule has 0 aliphatic rings. The van der Waals surface area contributed by atoms with Crippen LogP contribution in [0.25, 0.3) is 0 Å². The van der Waals surface area contributed by atoms with Crippen molar-refractivity contribution in [2.45, 2.75) is 40.2 Å². The van der Waals surface area contributed by atoms with Gasteiger partial charge in [0.15, 0.2) is 11.4 Å². The van der Waals surface area contributed by atoms with Gasteiger partial charge in [-0.2, -0.15) is 0 Å². The van der Waals surface area contributed by atoms with Crippen LogP contribution in [0.4, 0.5) is 0 Å². The van der Waals surface area contributed by atoms with Crippen LogP contribution in [0.2, 0.25) is 0 Å². The third-order valence-corrected chi connectivity index (χ3v) is 4.87. The lowest BCUT2D eigenvalue weighted by Crippen LogP contribution is -2.36. The van der Waals surface area contributed by atoms with Gasteiger partial charge in [-0.25, -0.2) is 0 Å². The Balaban J connectivity index is 2.63. The molecule has 1 atom stereocenters. The average Bonchev–Trinajstić information content (AvgIpc) is 2.55. The van der Waals surface area contributed by atoms with Crippen molar-refractivity contribution in [3.8, 4) is 0 Å². The van der Waals surface area contributed by atoms with E-state index in [4.69, 9.17) is 4.74 Å². The van der Waals surface area contributed by atoms with E-state index in [2.05, 4.69) is 33.8 Å². The number of ether oxygens (including phenoxy) is 1. The van der Waals surface area contributed by atoms with Crippen molar-refractivity contribution < 1.29 is 9.53 Å². The summed E-state index contributed by atoms with van der Waals surface area (Å²) in [6.07, 6.45) is 0. The Morgan fingerprint density at radius 2 is 1.55 bits per heavy atom. The van der Waals surface area contributed by atoms with Gasteiger partial charge in [-0.15, -0.1) is 0 Å². The quantitative estimate of drug-likeness (QED) is 0.767. The summed E-state index contributed by atoms with van der Waals surface area (Å²) < 4.78 is 5.72. The van der Waals surface area contributed by atoms with Crippen LogP contribution < -0.4 is 0 Å². The highest BCUT2D eigenvalue weighted by Gasteiger charge is 2.37. The molecule has 0 fully saturated rings. The van der Waals surface area contributed by atoms with Gasteiger partial charge >= 0.3 is 0 Å². The summed E-state index contributed by atoms with van der Waals surface area (Å²) in [6.45, 7) is 10.2. The van der Waals surface area contributed by atoms with Gasteiger partial charge in [-0.1, -0.05) is 36.4 Å². The lowest BCUT2D eigenvalue weighted by Gasteiger charge is -2.30. The maximum absolute atomic E-state index is 13.0. The van der Waals surface area contributed by atoms with Gasteiger partial charge in [-0.3, -0.25) is 4.79 Å². The van der Waals surface area contributed by atoms with Gasteiger partial charge in [0.1, 0.15) is 0 Å². The SMILES string of the molecule is COC(C)(C(=O)c1ccccc1)c1cc(C)c(C)c(C)c1C. The summed E-state index contributed by atoms with van der Waals surface area (Å²) in [5.41, 5.74) is 5.44. The van der Waals surface area contributed by atoms with Crippen LogP contribution in [-0.2, 0) is 10.3 Å². The fraction of sp³-hybridized carbons (Fsp3) is 0.350. The highest BCUT2D eigenvalue weighted by Crippen LogP contribution is 2.34. The summed E-state index contributed by atoms with van der Waals surface area (Å²) in [6, 6.07) is 11.4.